The van der Waals surface area contributed by atoms with Crippen molar-refractivity contribution in [2.45, 2.75) is 90.6 Å². The Morgan fingerprint density at radius 3 is 2.00 bits per heavy atom. The lowest BCUT2D eigenvalue weighted by Gasteiger charge is -2.10. The molecule has 0 spiro atoms. The molecular formula is C16H32O2S. The van der Waals surface area contributed by atoms with E-state index in [9.17, 15) is 5.11 Å². The summed E-state index contributed by atoms with van der Waals surface area (Å²) in [5, 5.41) is 10.0. The molecule has 0 aromatic carbocycles. The fourth-order valence-corrected chi connectivity index (χ4v) is 2.17. The summed E-state index contributed by atoms with van der Waals surface area (Å²) in [6, 6.07) is 0. The van der Waals surface area contributed by atoms with Crippen LogP contribution in [0.3, 0.4) is 0 Å². The van der Waals surface area contributed by atoms with Gasteiger partial charge in [-0.2, -0.15) is 0 Å². The zero-order valence-electron chi connectivity index (χ0n) is 12.8. The summed E-state index contributed by atoms with van der Waals surface area (Å²) in [6.45, 7) is 4.55. The van der Waals surface area contributed by atoms with Gasteiger partial charge in [-0.3, -0.25) is 0 Å². The van der Waals surface area contributed by atoms with Crippen molar-refractivity contribution in [2.75, 3.05) is 6.61 Å². The molecule has 0 aromatic rings. The lowest BCUT2D eigenvalue weighted by Crippen LogP contribution is -2.16. The summed E-state index contributed by atoms with van der Waals surface area (Å²) in [4.78, 5) is 0. The van der Waals surface area contributed by atoms with E-state index in [2.05, 4.69) is 6.92 Å². The average molecular weight is 288 g/mol. The van der Waals surface area contributed by atoms with Gasteiger partial charge in [0.1, 0.15) is 6.61 Å². The van der Waals surface area contributed by atoms with E-state index < -0.39 is 0 Å². The highest BCUT2D eigenvalue weighted by molar-refractivity contribution is 7.80. The van der Waals surface area contributed by atoms with Crippen molar-refractivity contribution in [3.8, 4) is 0 Å². The van der Waals surface area contributed by atoms with Crippen LogP contribution in [0.4, 0.5) is 0 Å². The van der Waals surface area contributed by atoms with Crippen molar-refractivity contribution in [3.63, 3.8) is 0 Å². The first kappa shape index (κ1) is 18.9. The molecule has 0 fully saturated rings. The number of aliphatic hydroxyl groups is 1. The molecule has 0 saturated heterocycles. The second kappa shape index (κ2) is 14.3. The van der Waals surface area contributed by atoms with E-state index in [0.717, 1.165) is 19.3 Å². The number of unbranched alkanes of at least 4 members (excludes halogenated alkanes) is 8. The van der Waals surface area contributed by atoms with Gasteiger partial charge in [0.2, 0.25) is 0 Å². The van der Waals surface area contributed by atoms with E-state index in [1.807, 2.05) is 6.92 Å². The van der Waals surface area contributed by atoms with Crippen LogP contribution in [-0.4, -0.2) is 22.9 Å². The van der Waals surface area contributed by atoms with Gasteiger partial charge in [0, 0.05) is 6.42 Å². The first-order chi connectivity index (χ1) is 9.20. The van der Waals surface area contributed by atoms with Crippen LogP contribution in [0.15, 0.2) is 0 Å². The van der Waals surface area contributed by atoms with E-state index in [0.29, 0.717) is 11.7 Å². The Hall–Kier alpha value is -0.150. The van der Waals surface area contributed by atoms with Crippen molar-refractivity contribution in [1.29, 1.82) is 0 Å². The SMILES string of the molecule is CCCCCCCCCCCC(=S)OCC(O)CC. The Labute approximate surface area is 124 Å². The third-order valence-electron chi connectivity index (χ3n) is 3.39. The van der Waals surface area contributed by atoms with Gasteiger partial charge in [-0.25, -0.2) is 0 Å². The standard InChI is InChI=1S/C16H32O2S/c1-3-5-6-7-8-9-10-11-12-13-16(19)18-14-15(17)4-2/h15,17H,3-14H2,1-2H3. The second-order valence-corrected chi connectivity index (χ2v) is 5.78. The van der Waals surface area contributed by atoms with Crippen LogP contribution >= 0.6 is 12.2 Å². The molecule has 114 valence electrons. The lowest BCUT2D eigenvalue weighted by molar-refractivity contribution is 0.0988. The average Bonchev–Trinajstić information content (AvgIpc) is 2.42. The molecule has 0 rings (SSSR count). The third-order valence-corrected chi connectivity index (χ3v) is 3.71. The molecule has 0 amide bonds. The Kier molecular flexibility index (Phi) is 14.2. The van der Waals surface area contributed by atoms with Crippen LogP contribution in [0.1, 0.15) is 84.5 Å². The molecule has 19 heavy (non-hydrogen) atoms. The topological polar surface area (TPSA) is 29.5 Å². The predicted octanol–water partition coefficient (Wildman–Crippen LogP) is 5.02. The molecule has 0 aliphatic carbocycles. The molecule has 0 aliphatic rings. The van der Waals surface area contributed by atoms with Gasteiger partial charge in [0.25, 0.3) is 0 Å². The van der Waals surface area contributed by atoms with Crippen molar-refractivity contribution < 1.29 is 9.84 Å². The summed E-state index contributed by atoms with van der Waals surface area (Å²) in [6.07, 6.45) is 13.1. The lowest BCUT2D eigenvalue weighted by atomic mass is 10.1. The van der Waals surface area contributed by atoms with E-state index in [1.165, 1.54) is 51.4 Å². The van der Waals surface area contributed by atoms with Gasteiger partial charge in [-0.1, -0.05) is 65.2 Å². The number of hydrogen-bond donors (Lipinski definition) is 1. The molecule has 2 nitrogen and oxygen atoms in total. The predicted molar refractivity (Wildman–Crippen MR) is 86.7 cm³/mol. The van der Waals surface area contributed by atoms with Crippen LogP contribution in [-0.2, 0) is 4.74 Å². The minimum absolute atomic E-state index is 0.354. The number of rotatable bonds is 13. The van der Waals surface area contributed by atoms with Crippen LogP contribution in [0.2, 0.25) is 0 Å². The molecule has 0 aromatic heterocycles. The van der Waals surface area contributed by atoms with Crippen molar-refractivity contribution in [1.82, 2.24) is 0 Å². The summed E-state index contributed by atoms with van der Waals surface area (Å²) in [5.41, 5.74) is 0. The fraction of sp³-hybridized carbons (Fsp3) is 0.938. The first-order valence-electron chi connectivity index (χ1n) is 8.04. The normalized spacial score (nSPS) is 12.4. The van der Waals surface area contributed by atoms with Crippen molar-refractivity contribution in [2.24, 2.45) is 0 Å². The zero-order chi connectivity index (χ0) is 14.3. The van der Waals surface area contributed by atoms with Crippen molar-refractivity contribution >= 4 is 17.3 Å². The van der Waals surface area contributed by atoms with Crippen LogP contribution in [0.25, 0.3) is 0 Å². The van der Waals surface area contributed by atoms with E-state index in [1.54, 1.807) is 0 Å². The number of hydrogen-bond acceptors (Lipinski definition) is 3. The summed E-state index contributed by atoms with van der Waals surface area (Å²) in [5.74, 6) is 0. The molecule has 0 aliphatic heterocycles. The molecule has 1 atom stereocenters. The van der Waals surface area contributed by atoms with E-state index in [-0.39, 0.29) is 6.10 Å². The quantitative estimate of drug-likeness (QED) is 0.381. The van der Waals surface area contributed by atoms with Crippen molar-refractivity contribution in [3.05, 3.63) is 0 Å². The maximum atomic E-state index is 9.35. The Morgan fingerprint density at radius 1 is 0.947 bits per heavy atom. The molecule has 3 heteroatoms. The van der Waals surface area contributed by atoms with Gasteiger partial charge in [0.15, 0.2) is 5.05 Å². The summed E-state index contributed by atoms with van der Waals surface area (Å²) in [7, 11) is 0. The van der Waals surface area contributed by atoms with Gasteiger partial charge in [0.05, 0.1) is 6.10 Å². The Bertz CT molecular complexity index is 207. The van der Waals surface area contributed by atoms with Crippen LogP contribution < -0.4 is 0 Å². The van der Waals surface area contributed by atoms with Gasteiger partial charge in [-0.05, 0) is 25.1 Å². The van der Waals surface area contributed by atoms with Crippen LogP contribution in [0.5, 0.6) is 0 Å². The van der Waals surface area contributed by atoms with Gasteiger partial charge >= 0.3 is 0 Å². The molecular weight excluding hydrogens is 256 g/mol. The minimum Gasteiger partial charge on any atom is -0.484 e. The molecule has 0 bridgehead atoms. The molecule has 1 unspecified atom stereocenters. The minimum atomic E-state index is -0.374. The van der Waals surface area contributed by atoms with Gasteiger partial charge in [-0.15, -0.1) is 0 Å². The summed E-state index contributed by atoms with van der Waals surface area (Å²) < 4.78 is 5.35. The first-order valence-corrected chi connectivity index (χ1v) is 8.45. The molecule has 0 saturated carbocycles. The van der Waals surface area contributed by atoms with Gasteiger partial charge < -0.3 is 9.84 Å². The number of aliphatic hydroxyl groups excluding tert-OH is 1. The van der Waals surface area contributed by atoms with E-state index >= 15 is 0 Å². The smallest absolute Gasteiger partial charge is 0.159 e. The Morgan fingerprint density at radius 2 is 1.47 bits per heavy atom. The molecule has 0 radical (unpaired) electrons. The Balaban J connectivity index is 3.18. The highest BCUT2D eigenvalue weighted by atomic mass is 32.1. The summed E-state index contributed by atoms with van der Waals surface area (Å²) >= 11 is 5.14. The monoisotopic (exact) mass is 288 g/mol. The number of thiocarbonyl (C=S) groups is 1. The molecule has 0 heterocycles. The third kappa shape index (κ3) is 14.1. The maximum Gasteiger partial charge on any atom is 0.159 e. The highest BCUT2D eigenvalue weighted by Crippen LogP contribution is 2.11. The largest absolute Gasteiger partial charge is 0.484 e. The molecule has 1 N–H and O–H groups in total. The number of ether oxygens (including phenoxy) is 1. The fourth-order valence-electron chi connectivity index (χ4n) is 1.96. The van der Waals surface area contributed by atoms with Crippen LogP contribution in [0, 0.1) is 0 Å². The highest BCUT2D eigenvalue weighted by Gasteiger charge is 2.03. The van der Waals surface area contributed by atoms with E-state index in [4.69, 9.17) is 17.0 Å². The zero-order valence-corrected chi connectivity index (χ0v) is 13.6. The maximum absolute atomic E-state index is 9.35. The second-order valence-electron chi connectivity index (χ2n) is 5.32.